The first kappa shape index (κ1) is 15.6. The van der Waals surface area contributed by atoms with Gasteiger partial charge in [0.15, 0.2) is 12.1 Å². The standard InChI is InChI=1S/C5H8O3.C4H10O2/c1-3-5(7)8-4(2)6;1-3-4(2,5)6/h3-4,6H,1H2,2H3;5-6H,3H2,1-2H3. The van der Waals surface area contributed by atoms with Crippen LogP contribution in [0.5, 0.6) is 0 Å². The Morgan fingerprint density at radius 2 is 2.00 bits per heavy atom. The SMILES string of the molecule is C=CC(=O)OC(C)O.CCC(C)(O)O. The molecule has 0 bridgehead atoms. The maximum absolute atomic E-state index is 10.1. The van der Waals surface area contributed by atoms with Crippen molar-refractivity contribution in [2.24, 2.45) is 0 Å². The van der Waals surface area contributed by atoms with Crippen LogP contribution < -0.4 is 0 Å². The lowest BCUT2D eigenvalue weighted by atomic mass is 10.3. The number of ether oxygens (including phenoxy) is 1. The second-order valence-corrected chi connectivity index (χ2v) is 2.81. The second-order valence-electron chi connectivity index (χ2n) is 2.81. The molecule has 0 radical (unpaired) electrons. The predicted octanol–water partition coefficient (Wildman–Crippen LogP) is 0.151. The third-order valence-corrected chi connectivity index (χ3v) is 1.12. The van der Waals surface area contributed by atoms with Crippen molar-refractivity contribution in [3.8, 4) is 0 Å². The fraction of sp³-hybridized carbons (Fsp3) is 0.667. The first-order valence-corrected chi connectivity index (χ1v) is 4.18. The van der Waals surface area contributed by atoms with Gasteiger partial charge >= 0.3 is 5.97 Å². The topological polar surface area (TPSA) is 87.0 Å². The molecule has 0 aliphatic heterocycles. The van der Waals surface area contributed by atoms with E-state index in [1.54, 1.807) is 6.92 Å². The van der Waals surface area contributed by atoms with E-state index in [0.29, 0.717) is 6.42 Å². The number of aliphatic hydroxyl groups is 3. The Kier molecular flexibility index (Phi) is 8.32. The molecule has 0 spiro atoms. The summed E-state index contributed by atoms with van der Waals surface area (Å²) >= 11 is 0. The van der Waals surface area contributed by atoms with Crippen molar-refractivity contribution in [1.82, 2.24) is 0 Å². The van der Waals surface area contributed by atoms with Crippen LogP contribution in [-0.2, 0) is 9.53 Å². The van der Waals surface area contributed by atoms with Crippen LogP contribution in [0.25, 0.3) is 0 Å². The summed E-state index contributed by atoms with van der Waals surface area (Å²) in [6, 6.07) is 0. The fourth-order valence-electron chi connectivity index (χ4n) is 0.216. The molecular weight excluding hydrogens is 188 g/mol. The minimum atomic E-state index is -1.46. The highest BCUT2D eigenvalue weighted by Crippen LogP contribution is 1.99. The van der Waals surface area contributed by atoms with Gasteiger partial charge in [-0.3, -0.25) is 0 Å². The Morgan fingerprint density at radius 1 is 1.64 bits per heavy atom. The van der Waals surface area contributed by atoms with Gasteiger partial charge in [0.05, 0.1) is 0 Å². The van der Waals surface area contributed by atoms with Crippen LogP contribution in [0.1, 0.15) is 27.2 Å². The molecule has 0 aromatic heterocycles. The minimum Gasteiger partial charge on any atom is -0.433 e. The molecule has 5 heteroatoms. The van der Waals surface area contributed by atoms with E-state index in [4.69, 9.17) is 15.3 Å². The lowest BCUT2D eigenvalue weighted by Gasteiger charge is -2.10. The molecule has 5 nitrogen and oxygen atoms in total. The Balaban J connectivity index is 0. The zero-order chi connectivity index (χ0) is 11.8. The average molecular weight is 206 g/mol. The molecule has 0 aliphatic rings. The molecule has 0 aromatic rings. The molecule has 0 aliphatic carbocycles. The molecule has 0 rings (SSSR count). The third kappa shape index (κ3) is 17.3. The van der Waals surface area contributed by atoms with Crippen LogP contribution in [0.2, 0.25) is 0 Å². The highest BCUT2D eigenvalue weighted by Gasteiger charge is 2.08. The third-order valence-electron chi connectivity index (χ3n) is 1.12. The van der Waals surface area contributed by atoms with Gasteiger partial charge in [-0.25, -0.2) is 4.79 Å². The van der Waals surface area contributed by atoms with E-state index in [9.17, 15) is 4.79 Å². The molecule has 1 atom stereocenters. The summed E-state index contributed by atoms with van der Waals surface area (Å²) in [4.78, 5) is 10.1. The Bertz CT molecular complexity index is 169. The highest BCUT2D eigenvalue weighted by molar-refractivity contribution is 5.81. The fourth-order valence-corrected chi connectivity index (χ4v) is 0.216. The molecule has 0 amide bonds. The Labute approximate surface area is 83.6 Å². The van der Waals surface area contributed by atoms with E-state index < -0.39 is 18.0 Å². The largest absolute Gasteiger partial charge is 0.433 e. The van der Waals surface area contributed by atoms with Gasteiger partial charge in [-0.2, -0.15) is 0 Å². The summed E-state index contributed by atoms with van der Waals surface area (Å²) < 4.78 is 4.20. The monoisotopic (exact) mass is 206 g/mol. The van der Waals surface area contributed by atoms with Crippen molar-refractivity contribution in [1.29, 1.82) is 0 Å². The predicted molar refractivity (Wildman–Crippen MR) is 51.1 cm³/mol. The van der Waals surface area contributed by atoms with Crippen LogP contribution in [0.4, 0.5) is 0 Å². The Hall–Kier alpha value is -0.910. The van der Waals surface area contributed by atoms with E-state index in [-0.39, 0.29) is 0 Å². The van der Waals surface area contributed by atoms with Gasteiger partial charge in [0.2, 0.25) is 0 Å². The molecule has 1 unspecified atom stereocenters. The molecule has 0 saturated heterocycles. The normalized spacial score (nSPS) is 12.1. The number of rotatable bonds is 3. The quantitative estimate of drug-likeness (QED) is 0.347. The summed E-state index contributed by atoms with van der Waals surface area (Å²) in [7, 11) is 0. The number of carbonyl (C=O) groups is 1. The van der Waals surface area contributed by atoms with Gasteiger partial charge in [-0.05, 0) is 20.3 Å². The maximum atomic E-state index is 10.1. The van der Waals surface area contributed by atoms with Crippen molar-refractivity contribution < 1.29 is 24.9 Å². The molecule has 0 fully saturated rings. The van der Waals surface area contributed by atoms with Gasteiger partial charge in [0.25, 0.3) is 0 Å². The molecule has 0 aromatic carbocycles. The second kappa shape index (κ2) is 7.49. The molecule has 0 heterocycles. The van der Waals surface area contributed by atoms with Crippen LogP contribution in [0.15, 0.2) is 12.7 Å². The van der Waals surface area contributed by atoms with E-state index in [1.807, 2.05) is 0 Å². The Morgan fingerprint density at radius 3 is 2.07 bits per heavy atom. The van der Waals surface area contributed by atoms with E-state index >= 15 is 0 Å². The first-order chi connectivity index (χ1) is 6.22. The number of hydrogen-bond acceptors (Lipinski definition) is 5. The van der Waals surface area contributed by atoms with E-state index in [1.165, 1.54) is 13.8 Å². The number of aliphatic hydroxyl groups excluding tert-OH is 1. The van der Waals surface area contributed by atoms with Crippen molar-refractivity contribution in [2.75, 3.05) is 0 Å². The lowest BCUT2D eigenvalue weighted by molar-refractivity contribution is -0.158. The van der Waals surface area contributed by atoms with Crippen LogP contribution in [0, 0.1) is 0 Å². The smallest absolute Gasteiger partial charge is 0.332 e. The van der Waals surface area contributed by atoms with Gasteiger partial charge in [-0.1, -0.05) is 13.5 Å². The van der Waals surface area contributed by atoms with Crippen molar-refractivity contribution in [2.45, 2.75) is 39.3 Å². The van der Waals surface area contributed by atoms with Crippen molar-refractivity contribution >= 4 is 5.97 Å². The van der Waals surface area contributed by atoms with Crippen LogP contribution in [-0.4, -0.2) is 33.4 Å². The minimum absolute atomic E-state index is 0.382. The molecule has 14 heavy (non-hydrogen) atoms. The van der Waals surface area contributed by atoms with E-state index in [0.717, 1.165) is 6.08 Å². The summed E-state index contributed by atoms with van der Waals surface area (Å²) in [5.74, 6) is -2.07. The lowest BCUT2D eigenvalue weighted by Crippen LogP contribution is -2.20. The van der Waals surface area contributed by atoms with Gasteiger partial charge in [0, 0.05) is 6.08 Å². The first-order valence-electron chi connectivity index (χ1n) is 4.18. The van der Waals surface area contributed by atoms with Crippen LogP contribution in [0.3, 0.4) is 0 Å². The molecule has 3 N–H and O–H groups in total. The zero-order valence-corrected chi connectivity index (χ0v) is 8.73. The van der Waals surface area contributed by atoms with Crippen molar-refractivity contribution in [3.63, 3.8) is 0 Å². The maximum Gasteiger partial charge on any atom is 0.332 e. The van der Waals surface area contributed by atoms with Crippen molar-refractivity contribution in [3.05, 3.63) is 12.7 Å². The molecular formula is C9H18O5. The highest BCUT2D eigenvalue weighted by atomic mass is 16.6. The van der Waals surface area contributed by atoms with Gasteiger partial charge in [0.1, 0.15) is 0 Å². The van der Waals surface area contributed by atoms with Gasteiger partial charge in [-0.15, -0.1) is 0 Å². The number of hydrogen-bond donors (Lipinski definition) is 3. The summed E-state index contributed by atoms with van der Waals surface area (Å²) in [6.45, 7) is 7.54. The summed E-state index contributed by atoms with van der Waals surface area (Å²) in [5.41, 5.74) is 0. The van der Waals surface area contributed by atoms with Crippen LogP contribution >= 0.6 is 0 Å². The number of carbonyl (C=O) groups excluding carboxylic acids is 1. The summed E-state index contributed by atoms with van der Waals surface area (Å²) in [5, 5.41) is 25.1. The summed E-state index contributed by atoms with van der Waals surface area (Å²) in [6.07, 6.45) is 0.334. The van der Waals surface area contributed by atoms with E-state index in [2.05, 4.69) is 11.3 Å². The average Bonchev–Trinajstić information content (AvgIpc) is 2.03. The zero-order valence-electron chi connectivity index (χ0n) is 8.73. The molecule has 0 saturated carbocycles. The molecule has 84 valence electrons. The number of esters is 1. The van der Waals surface area contributed by atoms with Gasteiger partial charge < -0.3 is 20.1 Å².